The van der Waals surface area contributed by atoms with Gasteiger partial charge in [-0.1, -0.05) is 18.2 Å². The maximum Gasteiger partial charge on any atom is 0.0425 e. The number of nitrogens with two attached hydrogens (primary N) is 1. The van der Waals surface area contributed by atoms with Gasteiger partial charge in [-0.05, 0) is 31.4 Å². The second-order valence-electron chi connectivity index (χ2n) is 6.41. The number of para-hydroxylation sites is 1. The third kappa shape index (κ3) is 2.26. The first kappa shape index (κ1) is 12.9. The molecule has 3 rings (SSSR count). The standard InChI is InChI=1S/C16H25N3/c1-13-4-3-5-14(2)15(13)19-8-6-16(12-19)10-18(11-16)9-7-17/h3-5H,6-12,17H2,1-2H3. The molecule has 1 aromatic rings. The highest BCUT2D eigenvalue weighted by atomic mass is 15.3. The average Bonchev–Trinajstić information content (AvgIpc) is 2.74. The monoisotopic (exact) mass is 259 g/mol. The maximum atomic E-state index is 5.63. The van der Waals surface area contributed by atoms with Gasteiger partial charge in [-0.15, -0.1) is 0 Å². The van der Waals surface area contributed by atoms with Gasteiger partial charge in [0.25, 0.3) is 0 Å². The Morgan fingerprint density at radius 1 is 1.16 bits per heavy atom. The number of hydrogen-bond acceptors (Lipinski definition) is 3. The zero-order valence-electron chi connectivity index (χ0n) is 12.2. The first-order chi connectivity index (χ1) is 9.13. The lowest BCUT2D eigenvalue weighted by molar-refractivity contribution is 0.0213. The summed E-state index contributed by atoms with van der Waals surface area (Å²) in [7, 11) is 0. The van der Waals surface area contributed by atoms with E-state index in [1.807, 2.05) is 0 Å². The molecule has 3 nitrogen and oxygen atoms in total. The Balaban J connectivity index is 1.70. The summed E-state index contributed by atoms with van der Waals surface area (Å²) in [6, 6.07) is 6.62. The van der Waals surface area contributed by atoms with Crippen molar-refractivity contribution < 1.29 is 0 Å². The minimum Gasteiger partial charge on any atom is -0.370 e. The van der Waals surface area contributed by atoms with Crippen LogP contribution in [0.5, 0.6) is 0 Å². The van der Waals surface area contributed by atoms with E-state index in [2.05, 4.69) is 41.8 Å². The van der Waals surface area contributed by atoms with Crippen LogP contribution >= 0.6 is 0 Å². The van der Waals surface area contributed by atoms with E-state index in [9.17, 15) is 0 Å². The van der Waals surface area contributed by atoms with Crippen molar-refractivity contribution in [1.29, 1.82) is 0 Å². The SMILES string of the molecule is Cc1cccc(C)c1N1CCC2(CN(CCN)C2)C1. The molecule has 0 amide bonds. The van der Waals surface area contributed by atoms with Gasteiger partial charge >= 0.3 is 0 Å². The zero-order valence-corrected chi connectivity index (χ0v) is 12.2. The van der Waals surface area contributed by atoms with E-state index in [0.717, 1.165) is 13.1 Å². The lowest BCUT2D eigenvalue weighted by Crippen LogP contribution is -2.58. The van der Waals surface area contributed by atoms with Crippen LogP contribution in [0.1, 0.15) is 17.5 Å². The molecule has 3 heteroatoms. The van der Waals surface area contributed by atoms with Crippen molar-refractivity contribution in [3.05, 3.63) is 29.3 Å². The van der Waals surface area contributed by atoms with Crippen LogP contribution < -0.4 is 10.6 Å². The van der Waals surface area contributed by atoms with Crippen LogP contribution in [0.25, 0.3) is 0 Å². The van der Waals surface area contributed by atoms with Crippen molar-refractivity contribution in [2.75, 3.05) is 44.2 Å². The van der Waals surface area contributed by atoms with E-state index in [0.29, 0.717) is 5.41 Å². The molecule has 2 fully saturated rings. The largest absolute Gasteiger partial charge is 0.370 e. The van der Waals surface area contributed by atoms with Crippen LogP contribution in [0.3, 0.4) is 0 Å². The first-order valence-corrected chi connectivity index (χ1v) is 7.37. The van der Waals surface area contributed by atoms with E-state index in [-0.39, 0.29) is 0 Å². The van der Waals surface area contributed by atoms with Crippen molar-refractivity contribution in [2.24, 2.45) is 11.1 Å². The van der Waals surface area contributed by atoms with E-state index in [4.69, 9.17) is 5.73 Å². The van der Waals surface area contributed by atoms with E-state index >= 15 is 0 Å². The van der Waals surface area contributed by atoms with Crippen molar-refractivity contribution in [3.63, 3.8) is 0 Å². The smallest absolute Gasteiger partial charge is 0.0425 e. The number of aryl methyl sites for hydroxylation is 2. The summed E-state index contributed by atoms with van der Waals surface area (Å²) in [6.07, 6.45) is 1.34. The van der Waals surface area contributed by atoms with Gasteiger partial charge in [-0.3, -0.25) is 0 Å². The quantitative estimate of drug-likeness (QED) is 0.898. The summed E-state index contributed by atoms with van der Waals surface area (Å²) >= 11 is 0. The number of hydrogen-bond donors (Lipinski definition) is 1. The second kappa shape index (κ2) is 4.80. The highest BCUT2D eigenvalue weighted by Gasteiger charge is 2.47. The lowest BCUT2D eigenvalue weighted by Gasteiger charge is -2.48. The number of nitrogens with zero attached hydrogens (tertiary/aromatic N) is 2. The Hall–Kier alpha value is -1.06. The van der Waals surface area contributed by atoms with Gasteiger partial charge in [0.05, 0.1) is 0 Å². The van der Waals surface area contributed by atoms with Gasteiger partial charge in [-0.2, -0.15) is 0 Å². The molecule has 2 N–H and O–H groups in total. The number of likely N-dealkylation sites (tertiary alicyclic amines) is 1. The van der Waals surface area contributed by atoms with Crippen LogP contribution in [-0.2, 0) is 0 Å². The third-order valence-corrected chi connectivity index (χ3v) is 4.76. The molecule has 1 aromatic carbocycles. The molecule has 0 atom stereocenters. The molecule has 2 aliphatic heterocycles. The molecule has 2 aliphatic rings. The molecule has 1 spiro atoms. The summed E-state index contributed by atoms with van der Waals surface area (Å²) < 4.78 is 0. The summed E-state index contributed by atoms with van der Waals surface area (Å²) in [5.74, 6) is 0. The molecule has 0 saturated carbocycles. The Morgan fingerprint density at radius 3 is 2.47 bits per heavy atom. The van der Waals surface area contributed by atoms with Crippen molar-refractivity contribution in [1.82, 2.24) is 4.90 Å². The van der Waals surface area contributed by atoms with Gasteiger partial charge in [-0.25, -0.2) is 0 Å². The molecule has 2 heterocycles. The van der Waals surface area contributed by atoms with Crippen LogP contribution in [0.4, 0.5) is 5.69 Å². The fourth-order valence-electron chi connectivity index (χ4n) is 3.93. The summed E-state index contributed by atoms with van der Waals surface area (Å²) in [6.45, 7) is 11.2. The molecular weight excluding hydrogens is 234 g/mol. The van der Waals surface area contributed by atoms with Crippen LogP contribution in [0.15, 0.2) is 18.2 Å². The highest BCUT2D eigenvalue weighted by molar-refractivity contribution is 5.59. The summed E-state index contributed by atoms with van der Waals surface area (Å²) in [4.78, 5) is 5.10. The van der Waals surface area contributed by atoms with Crippen molar-refractivity contribution in [3.8, 4) is 0 Å². The van der Waals surface area contributed by atoms with E-state index in [1.54, 1.807) is 0 Å². The normalized spacial score (nSPS) is 21.9. The molecule has 2 saturated heterocycles. The molecule has 0 unspecified atom stereocenters. The Kier molecular flexibility index (Phi) is 3.27. The minimum absolute atomic E-state index is 0.546. The van der Waals surface area contributed by atoms with E-state index in [1.165, 1.54) is 49.4 Å². The van der Waals surface area contributed by atoms with Crippen LogP contribution in [-0.4, -0.2) is 44.2 Å². The molecule has 0 radical (unpaired) electrons. The fourth-order valence-corrected chi connectivity index (χ4v) is 3.93. The maximum absolute atomic E-state index is 5.63. The number of benzene rings is 1. The van der Waals surface area contributed by atoms with Crippen molar-refractivity contribution in [2.45, 2.75) is 20.3 Å². The number of rotatable bonds is 3. The molecule has 0 aromatic heterocycles. The highest BCUT2D eigenvalue weighted by Crippen LogP contribution is 2.42. The first-order valence-electron chi connectivity index (χ1n) is 7.37. The molecule has 104 valence electrons. The molecular formula is C16H25N3. The Bertz CT molecular complexity index is 443. The molecule has 0 bridgehead atoms. The van der Waals surface area contributed by atoms with Crippen LogP contribution in [0.2, 0.25) is 0 Å². The van der Waals surface area contributed by atoms with Gasteiger partial charge in [0.1, 0.15) is 0 Å². The predicted octanol–water partition coefficient (Wildman–Crippen LogP) is 1.77. The van der Waals surface area contributed by atoms with Gasteiger partial charge in [0.2, 0.25) is 0 Å². The van der Waals surface area contributed by atoms with Gasteiger partial charge < -0.3 is 15.5 Å². The van der Waals surface area contributed by atoms with Gasteiger partial charge in [0, 0.05) is 50.4 Å². The average molecular weight is 259 g/mol. The Morgan fingerprint density at radius 2 is 1.84 bits per heavy atom. The number of anilines is 1. The Labute approximate surface area is 116 Å². The van der Waals surface area contributed by atoms with E-state index < -0.39 is 0 Å². The molecule has 19 heavy (non-hydrogen) atoms. The zero-order chi connectivity index (χ0) is 13.5. The van der Waals surface area contributed by atoms with Gasteiger partial charge in [0.15, 0.2) is 0 Å². The summed E-state index contributed by atoms with van der Waals surface area (Å²) in [5.41, 5.74) is 10.5. The summed E-state index contributed by atoms with van der Waals surface area (Å²) in [5, 5.41) is 0. The predicted molar refractivity (Wildman–Crippen MR) is 80.7 cm³/mol. The minimum atomic E-state index is 0.546. The lowest BCUT2D eigenvalue weighted by atomic mass is 9.79. The topological polar surface area (TPSA) is 32.5 Å². The van der Waals surface area contributed by atoms with Crippen molar-refractivity contribution >= 4 is 5.69 Å². The fraction of sp³-hybridized carbons (Fsp3) is 0.625. The molecule has 0 aliphatic carbocycles. The van der Waals surface area contributed by atoms with Crippen LogP contribution in [0, 0.1) is 19.3 Å². The second-order valence-corrected chi connectivity index (χ2v) is 6.41. The third-order valence-electron chi connectivity index (χ3n) is 4.76.